The zero-order chi connectivity index (χ0) is 15.2. The Kier molecular flexibility index (Phi) is 6.59. The number of methoxy groups -OCH3 is 1. The quantitative estimate of drug-likeness (QED) is 0.785. The third-order valence-corrected chi connectivity index (χ3v) is 2.82. The lowest BCUT2D eigenvalue weighted by Crippen LogP contribution is -2.22. The van der Waals surface area contributed by atoms with Crippen LogP contribution in [0.1, 0.15) is 26.3 Å². The molecule has 0 aliphatic heterocycles. The summed E-state index contributed by atoms with van der Waals surface area (Å²) in [6, 6.07) is 3.79. The lowest BCUT2D eigenvalue weighted by atomic mass is 10.2. The molecule has 1 aromatic carbocycles. The van der Waals surface area contributed by atoms with E-state index >= 15 is 0 Å². The molecule has 1 aromatic rings. The highest BCUT2D eigenvalue weighted by Gasteiger charge is 2.13. The van der Waals surface area contributed by atoms with Crippen LogP contribution in [0.4, 0.5) is 0 Å². The maximum atomic E-state index is 6.24. The smallest absolute Gasteiger partial charge is 0.179 e. The monoisotopic (exact) mass is 301 g/mol. The molecule has 4 nitrogen and oxygen atoms in total. The van der Waals surface area contributed by atoms with Crippen molar-refractivity contribution in [2.24, 2.45) is 0 Å². The van der Waals surface area contributed by atoms with Crippen molar-refractivity contribution in [3.63, 3.8) is 0 Å². The van der Waals surface area contributed by atoms with Gasteiger partial charge in [-0.15, -0.1) is 0 Å². The van der Waals surface area contributed by atoms with Crippen molar-refractivity contribution in [1.29, 1.82) is 0 Å². The number of halogens is 1. The summed E-state index contributed by atoms with van der Waals surface area (Å²) in [6.07, 6.45) is 0. The first-order valence-corrected chi connectivity index (χ1v) is 7.03. The topological polar surface area (TPSA) is 39.7 Å². The van der Waals surface area contributed by atoms with Gasteiger partial charge in [-0.3, -0.25) is 0 Å². The minimum Gasteiger partial charge on any atom is -0.493 e. The van der Waals surface area contributed by atoms with E-state index < -0.39 is 0 Å². The Morgan fingerprint density at radius 1 is 1.20 bits per heavy atom. The van der Waals surface area contributed by atoms with E-state index in [0.717, 1.165) is 12.1 Å². The molecule has 0 aliphatic carbocycles. The van der Waals surface area contributed by atoms with Gasteiger partial charge in [0.1, 0.15) is 6.61 Å². The van der Waals surface area contributed by atoms with E-state index in [9.17, 15) is 0 Å². The zero-order valence-corrected chi connectivity index (χ0v) is 13.6. The third-order valence-electron chi connectivity index (χ3n) is 2.53. The number of hydrogen-bond donors (Lipinski definition) is 1. The number of benzene rings is 1. The van der Waals surface area contributed by atoms with Crippen LogP contribution in [0.25, 0.3) is 0 Å². The summed E-state index contributed by atoms with van der Waals surface area (Å²) >= 11 is 6.24. The van der Waals surface area contributed by atoms with Gasteiger partial charge >= 0.3 is 0 Å². The van der Waals surface area contributed by atoms with Crippen molar-refractivity contribution in [1.82, 2.24) is 5.32 Å². The fraction of sp³-hybridized carbons (Fsp3) is 0.600. The van der Waals surface area contributed by atoms with Crippen LogP contribution in [0.2, 0.25) is 5.02 Å². The van der Waals surface area contributed by atoms with Crippen LogP contribution in [-0.4, -0.2) is 33.0 Å². The predicted molar refractivity (Wildman–Crippen MR) is 82.0 cm³/mol. The van der Waals surface area contributed by atoms with Crippen LogP contribution < -0.4 is 14.8 Å². The van der Waals surface area contributed by atoms with Crippen LogP contribution in [0, 0.1) is 0 Å². The molecule has 0 spiro atoms. The molecule has 0 heterocycles. The molecular weight excluding hydrogens is 278 g/mol. The molecule has 0 radical (unpaired) electrons. The molecule has 0 saturated heterocycles. The summed E-state index contributed by atoms with van der Waals surface area (Å²) in [5.74, 6) is 1.20. The summed E-state index contributed by atoms with van der Waals surface area (Å²) < 4.78 is 16.6. The van der Waals surface area contributed by atoms with E-state index in [1.54, 1.807) is 7.11 Å². The van der Waals surface area contributed by atoms with Gasteiger partial charge in [-0.1, -0.05) is 11.6 Å². The van der Waals surface area contributed by atoms with Crippen LogP contribution in [-0.2, 0) is 11.3 Å². The van der Waals surface area contributed by atoms with Crippen LogP contribution in [0.5, 0.6) is 11.5 Å². The normalized spacial score (nSPS) is 11.5. The molecule has 0 amide bonds. The summed E-state index contributed by atoms with van der Waals surface area (Å²) in [6.45, 7) is 7.68. The van der Waals surface area contributed by atoms with Crippen LogP contribution >= 0.6 is 11.6 Å². The van der Waals surface area contributed by atoms with Gasteiger partial charge in [-0.2, -0.15) is 0 Å². The standard InChI is InChI=1S/C15H24ClNO3/c1-15(2,3)20-7-6-19-14-12(16)8-11(10-17-4)9-13(14)18-5/h8-9,17H,6-7,10H2,1-5H3. The highest BCUT2D eigenvalue weighted by Crippen LogP contribution is 2.36. The molecule has 114 valence electrons. The summed E-state index contributed by atoms with van der Waals surface area (Å²) in [7, 11) is 3.49. The molecule has 0 unspecified atom stereocenters. The number of ether oxygens (including phenoxy) is 3. The molecule has 1 N–H and O–H groups in total. The first kappa shape index (κ1) is 17.1. The Labute approximate surface area is 126 Å². The number of hydrogen-bond acceptors (Lipinski definition) is 4. The first-order chi connectivity index (χ1) is 9.37. The van der Waals surface area contributed by atoms with Gasteiger partial charge in [0.05, 0.1) is 24.3 Å². The maximum Gasteiger partial charge on any atom is 0.179 e. The second kappa shape index (κ2) is 7.72. The molecular formula is C15H24ClNO3. The van der Waals surface area contributed by atoms with E-state index in [2.05, 4.69) is 5.32 Å². The zero-order valence-electron chi connectivity index (χ0n) is 12.9. The van der Waals surface area contributed by atoms with E-state index in [0.29, 0.717) is 29.7 Å². The molecule has 1 rings (SSSR count). The lowest BCUT2D eigenvalue weighted by Gasteiger charge is -2.20. The minimum atomic E-state index is -0.173. The molecule has 0 fully saturated rings. The maximum absolute atomic E-state index is 6.24. The highest BCUT2D eigenvalue weighted by molar-refractivity contribution is 6.32. The van der Waals surface area contributed by atoms with E-state index in [4.69, 9.17) is 25.8 Å². The number of rotatable bonds is 7. The second-order valence-electron chi connectivity index (χ2n) is 5.45. The molecule has 0 aromatic heterocycles. The lowest BCUT2D eigenvalue weighted by molar-refractivity contribution is -0.0165. The van der Waals surface area contributed by atoms with E-state index in [1.165, 1.54) is 0 Å². The van der Waals surface area contributed by atoms with Gasteiger partial charge in [0.2, 0.25) is 0 Å². The van der Waals surface area contributed by atoms with Crippen molar-refractivity contribution in [3.8, 4) is 11.5 Å². The Bertz CT molecular complexity index is 430. The van der Waals surface area contributed by atoms with Gasteiger partial charge < -0.3 is 19.5 Å². The van der Waals surface area contributed by atoms with E-state index in [1.807, 2.05) is 40.0 Å². The molecule has 20 heavy (non-hydrogen) atoms. The summed E-state index contributed by atoms with van der Waals surface area (Å²) in [5.41, 5.74) is 0.876. The third kappa shape index (κ3) is 5.57. The first-order valence-electron chi connectivity index (χ1n) is 6.65. The Morgan fingerprint density at radius 3 is 2.45 bits per heavy atom. The Morgan fingerprint density at radius 2 is 1.90 bits per heavy atom. The Hall–Kier alpha value is -0.970. The van der Waals surface area contributed by atoms with Gasteiger partial charge in [0, 0.05) is 6.54 Å². The predicted octanol–water partition coefficient (Wildman–Crippen LogP) is 3.26. The average Bonchev–Trinajstić information content (AvgIpc) is 2.35. The highest BCUT2D eigenvalue weighted by atomic mass is 35.5. The van der Waals surface area contributed by atoms with Crippen molar-refractivity contribution >= 4 is 11.6 Å². The minimum absolute atomic E-state index is 0.173. The van der Waals surface area contributed by atoms with Gasteiger partial charge in [0.15, 0.2) is 11.5 Å². The average molecular weight is 302 g/mol. The van der Waals surface area contributed by atoms with Crippen molar-refractivity contribution in [3.05, 3.63) is 22.7 Å². The Balaban J connectivity index is 2.69. The summed E-state index contributed by atoms with van der Waals surface area (Å²) in [4.78, 5) is 0. The SMILES string of the molecule is CNCc1cc(Cl)c(OCCOC(C)(C)C)c(OC)c1. The molecule has 0 saturated carbocycles. The molecule has 0 aliphatic rings. The fourth-order valence-electron chi connectivity index (χ4n) is 1.71. The largest absolute Gasteiger partial charge is 0.493 e. The van der Waals surface area contributed by atoms with Crippen LogP contribution in [0.3, 0.4) is 0 Å². The van der Waals surface area contributed by atoms with Crippen molar-refractivity contribution in [2.45, 2.75) is 32.9 Å². The molecule has 5 heteroatoms. The summed E-state index contributed by atoms with van der Waals surface area (Å²) in [5, 5.41) is 3.62. The fourth-order valence-corrected chi connectivity index (χ4v) is 2.00. The molecule has 0 bridgehead atoms. The van der Waals surface area contributed by atoms with E-state index in [-0.39, 0.29) is 5.60 Å². The van der Waals surface area contributed by atoms with Crippen molar-refractivity contribution in [2.75, 3.05) is 27.4 Å². The molecule has 0 atom stereocenters. The van der Waals surface area contributed by atoms with Gasteiger partial charge in [-0.05, 0) is 45.5 Å². The van der Waals surface area contributed by atoms with Crippen LogP contribution in [0.15, 0.2) is 12.1 Å². The second-order valence-corrected chi connectivity index (χ2v) is 5.86. The van der Waals surface area contributed by atoms with Gasteiger partial charge in [-0.25, -0.2) is 0 Å². The van der Waals surface area contributed by atoms with Gasteiger partial charge in [0.25, 0.3) is 0 Å². The number of nitrogens with one attached hydrogen (secondary N) is 1. The van der Waals surface area contributed by atoms with Crippen molar-refractivity contribution < 1.29 is 14.2 Å².